The number of hydrogen-bond donors (Lipinski definition) is 0. The second kappa shape index (κ2) is 6.05. The molecule has 1 aromatic carbocycles. The summed E-state index contributed by atoms with van der Waals surface area (Å²) in [5.74, 6) is 1.11. The van der Waals surface area contributed by atoms with Gasteiger partial charge in [0.25, 0.3) is 0 Å². The zero-order valence-electron chi connectivity index (χ0n) is 10.5. The summed E-state index contributed by atoms with van der Waals surface area (Å²) < 4.78 is 8.37. The van der Waals surface area contributed by atoms with Crippen molar-refractivity contribution in [2.45, 2.75) is 5.88 Å². The van der Waals surface area contributed by atoms with E-state index in [-0.39, 0.29) is 5.88 Å². The van der Waals surface area contributed by atoms with Crippen molar-refractivity contribution in [1.29, 1.82) is 0 Å². The molecule has 0 amide bonds. The maximum atomic E-state index is 6.16. The summed E-state index contributed by atoms with van der Waals surface area (Å²) in [6.07, 6.45) is 1.88. The first-order valence-electron chi connectivity index (χ1n) is 5.94. The molecule has 3 aromatic rings. The second-order valence-electron chi connectivity index (χ2n) is 4.22. The van der Waals surface area contributed by atoms with E-state index in [4.69, 9.17) is 39.5 Å². The van der Waals surface area contributed by atoms with Gasteiger partial charge in [-0.3, -0.25) is 4.40 Å². The van der Waals surface area contributed by atoms with Crippen LogP contribution in [0.25, 0.3) is 5.65 Å². The summed E-state index contributed by atoms with van der Waals surface area (Å²) in [6, 6.07) is 8.98. The third-order valence-electron chi connectivity index (χ3n) is 2.90. The average Bonchev–Trinajstić information content (AvgIpc) is 2.81. The Morgan fingerprint density at radius 2 is 2.00 bits per heavy atom. The number of aromatic nitrogens is 2. The van der Waals surface area contributed by atoms with Gasteiger partial charge in [0, 0.05) is 16.7 Å². The maximum absolute atomic E-state index is 6.16. The minimum Gasteiger partial charge on any atom is -0.436 e. The summed E-state index contributed by atoms with van der Waals surface area (Å²) in [6.45, 7) is 0. The SMILES string of the molecule is ClCc1c(Oc2cc(Cl)c(Br)cc2Cl)nc2ccccn12. The molecule has 7 heteroatoms. The van der Waals surface area contributed by atoms with Gasteiger partial charge in [-0.1, -0.05) is 29.3 Å². The molecule has 0 aliphatic rings. The van der Waals surface area contributed by atoms with Gasteiger partial charge in [0.1, 0.15) is 17.1 Å². The fourth-order valence-corrected chi connectivity index (χ4v) is 2.99. The molecule has 0 radical (unpaired) electrons. The van der Waals surface area contributed by atoms with E-state index in [0.29, 0.717) is 26.1 Å². The van der Waals surface area contributed by atoms with Crippen molar-refractivity contribution in [1.82, 2.24) is 9.38 Å². The van der Waals surface area contributed by atoms with Crippen LogP contribution in [-0.4, -0.2) is 9.38 Å². The van der Waals surface area contributed by atoms with E-state index in [0.717, 1.165) is 11.3 Å². The largest absolute Gasteiger partial charge is 0.436 e. The lowest BCUT2D eigenvalue weighted by atomic mass is 10.3. The number of halogens is 4. The van der Waals surface area contributed by atoms with Crippen molar-refractivity contribution < 1.29 is 4.74 Å². The molecule has 0 aliphatic carbocycles. The van der Waals surface area contributed by atoms with E-state index in [2.05, 4.69) is 20.9 Å². The molecule has 2 aromatic heterocycles. The lowest BCUT2D eigenvalue weighted by molar-refractivity contribution is 0.461. The van der Waals surface area contributed by atoms with E-state index in [1.54, 1.807) is 12.1 Å². The van der Waals surface area contributed by atoms with Crippen molar-refractivity contribution in [2.24, 2.45) is 0 Å². The highest BCUT2D eigenvalue weighted by atomic mass is 79.9. The standard InChI is InChI=1S/C14H8BrCl3N2O/c15-8-5-10(18)12(6-9(8)17)21-14-11(7-16)20-4-2-1-3-13(20)19-14/h1-6H,7H2. The van der Waals surface area contributed by atoms with Gasteiger partial charge in [0.05, 0.1) is 15.9 Å². The van der Waals surface area contributed by atoms with Crippen LogP contribution in [0.4, 0.5) is 0 Å². The molecule has 0 saturated carbocycles. The summed E-state index contributed by atoms with van der Waals surface area (Å²) in [5, 5.41) is 0.939. The van der Waals surface area contributed by atoms with Crippen molar-refractivity contribution in [2.75, 3.05) is 0 Å². The number of imidazole rings is 1. The zero-order chi connectivity index (χ0) is 15.0. The number of benzene rings is 1. The minimum atomic E-state index is 0.266. The third kappa shape index (κ3) is 2.86. The number of rotatable bonds is 3. The summed E-state index contributed by atoms with van der Waals surface area (Å²) in [5.41, 5.74) is 1.50. The Balaban J connectivity index is 2.08. The maximum Gasteiger partial charge on any atom is 0.242 e. The van der Waals surface area contributed by atoms with Gasteiger partial charge >= 0.3 is 0 Å². The van der Waals surface area contributed by atoms with Crippen LogP contribution in [0, 0.1) is 0 Å². The Kier molecular flexibility index (Phi) is 4.31. The van der Waals surface area contributed by atoms with Crippen molar-refractivity contribution >= 4 is 56.4 Å². The molecule has 2 heterocycles. The number of alkyl halides is 1. The minimum absolute atomic E-state index is 0.266. The molecule has 0 aliphatic heterocycles. The molecule has 21 heavy (non-hydrogen) atoms. The fourth-order valence-electron chi connectivity index (χ4n) is 1.91. The third-order valence-corrected chi connectivity index (χ3v) is 4.65. The van der Waals surface area contributed by atoms with Crippen LogP contribution in [0.2, 0.25) is 10.0 Å². The number of ether oxygens (including phenoxy) is 1. The first-order chi connectivity index (χ1) is 10.1. The van der Waals surface area contributed by atoms with Crippen LogP contribution < -0.4 is 4.74 Å². The topological polar surface area (TPSA) is 26.5 Å². The second-order valence-corrected chi connectivity index (χ2v) is 6.16. The number of pyridine rings is 1. The Morgan fingerprint density at radius 1 is 1.19 bits per heavy atom. The quantitative estimate of drug-likeness (QED) is 0.398. The van der Waals surface area contributed by atoms with Crippen LogP contribution in [0.15, 0.2) is 41.0 Å². The van der Waals surface area contributed by atoms with Crippen LogP contribution in [0.1, 0.15) is 5.69 Å². The van der Waals surface area contributed by atoms with Gasteiger partial charge in [0.15, 0.2) is 0 Å². The van der Waals surface area contributed by atoms with E-state index >= 15 is 0 Å². The molecular weight excluding hydrogens is 398 g/mol. The van der Waals surface area contributed by atoms with Gasteiger partial charge in [-0.25, -0.2) is 0 Å². The first kappa shape index (κ1) is 15.0. The molecule has 0 atom stereocenters. The first-order valence-corrected chi connectivity index (χ1v) is 8.03. The van der Waals surface area contributed by atoms with Crippen molar-refractivity contribution in [3.8, 4) is 11.6 Å². The van der Waals surface area contributed by atoms with Crippen molar-refractivity contribution in [3.63, 3.8) is 0 Å². The van der Waals surface area contributed by atoms with Gasteiger partial charge in [0.2, 0.25) is 5.88 Å². The predicted molar refractivity (Wildman–Crippen MR) is 89.0 cm³/mol. The zero-order valence-corrected chi connectivity index (χ0v) is 14.3. The highest BCUT2D eigenvalue weighted by Gasteiger charge is 2.15. The van der Waals surface area contributed by atoms with Crippen LogP contribution in [0.3, 0.4) is 0 Å². The van der Waals surface area contributed by atoms with E-state index in [1.807, 2.05) is 28.8 Å². The molecule has 3 nitrogen and oxygen atoms in total. The van der Waals surface area contributed by atoms with E-state index in [9.17, 15) is 0 Å². The van der Waals surface area contributed by atoms with E-state index in [1.165, 1.54) is 0 Å². The van der Waals surface area contributed by atoms with Crippen LogP contribution in [0.5, 0.6) is 11.6 Å². The number of nitrogens with zero attached hydrogens (tertiary/aromatic N) is 2. The molecule has 0 fully saturated rings. The summed E-state index contributed by atoms with van der Waals surface area (Å²) in [4.78, 5) is 4.41. The van der Waals surface area contributed by atoms with Gasteiger partial charge in [-0.15, -0.1) is 11.6 Å². The van der Waals surface area contributed by atoms with Gasteiger partial charge in [-0.2, -0.15) is 4.98 Å². The summed E-state index contributed by atoms with van der Waals surface area (Å²) in [7, 11) is 0. The Bertz CT molecular complexity index is 819. The number of fused-ring (bicyclic) bond motifs is 1. The smallest absolute Gasteiger partial charge is 0.242 e. The molecule has 108 valence electrons. The Hall–Kier alpha value is -0.940. The fraction of sp³-hybridized carbons (Fsp3) is 0.0714. The highest BCUT2D eigenvalue weighted by molar-refractivity contribution is 9.10. The van der Waals surface area contributed by atoms with Crippen LogP contribution in [-0.2, 0) is 5.88 Å². The molecule has 0 unspecified atom stereocenters. The molecule has 0 bridgehead atoms. The molecule has 0 saturated heterocycles. The number of hydrogen-bond acceptors (Lipinski definition) is 2. The normalized spacial score (nSPS) is 11.0. The van der Waals surface area contributed by atoms with Crippen molar-refractivity contribution in [3.05, 3.63) is 56.7 Å². The van der Waals surface area contributed by atoms with E-state index < -0.39 is 0 Å². The van der Waals surface area contributed by atoms with Crippen LogP contribution >= 0.6 is 50.7 Å². The predicted octanol–water partition coefficient (Wildman–Crippen LogP) is 5.93. The molecule has 3 rings (SSSR count). The lowest BCUT2D eigenvalue weighted by Gasteiger charge is -2.08. The summed E-state index contributed by atoms with van der Waals surface area (Å²) >= 11 is 21.5. The monoisotopic (exact) mass is 404 g/mol. The lowest BCUT2D eigenvalue weighted by Crippen LogP contribution is -1.92. The van der Waals surface area contributed by atoms with Gasteiger partial charge in [-0.05, 0) is 34.1 Å². The molecular formula is C14H8BrCl3N2O. The van der Waals surface area contributed by atoms with Gasteiger partial charge < -0.3 is 4.74 Å². The molecule has 0 spiro atoms. The Morgan fingerprint density at radius 3 is 2.76 bits per heavy atom. The highest BCUT2D eigenvalue weighted by Crippen LogP contribution is 2.37. The molecule has 0 N–H and O–H groups in total. The average molecular weight is 406 g/mol. The Labute approximate surface area is 144 Å².